The number of carboxylic acids is 1. The van der Waals surface area contributed by atoms with Crippen LogP contribution in [-0.4, -0.2) is 46.5 Å². The quantitative estimate of drug-likeness (QED) is 0.242. The Labute approximate surface area is 218 Å². The predicted molar refractivity (Wildman–Crippen MR) is 137 cm³/mol. The third-order valence-corrected chi connectivity index (χ3v) is 6.34. The van der Waals surface area contributed by atoms with Crippen molar-refractivity contribution < 1.29 is 34.1 Å². The van der Waals surface area contributed by atoms with Crippen molar-refractivity contribution in [2.24, 2.45) is 0 Å². The number of ether oxygens (including phenoxy) is 2. The minimum absolute atomic E-state index is 0.0166. The van der Waals surface area contributed by atoms with Crippen molar-refractivity contribution in [1.29, 1.82) is 0 Å². The molecule has 1 aliphatic rings. The van der Waals surface area contributed by atoms with Gasteiger partial charge in [-0.15, -0.1) is 0 Å². The summed E-state index contributed by atoms with van der Waals surface area (Å²) in [5.74, 6) is -2.14. The average Bonchev–Trinajstić information content (AvgIpc) is 3.15. The van der Waals surface area contributed by atoms with Gasteiger partial charge in [0, 0.05) is 12.1 Å². The highest BCUT2D eigenvalue weighted by atomic mass is 35.5. The highest BCUT2D eigenvalue weighted by Crippen LogP contribution is 2.41. The Morgan fingerprint density at radius 1 is 0.973 bits per heavy atom. The number of nitrogens with zero attached hydrogens (tertiary/aromatic N) is 1. The fourth-order valence-corrected chi connectivity index (χ4v) is 4.37. The van der Waals surface area contributed by atoms with Gasteiger partial charge < -0.3 is 24.6 Å². The third kappa shape index (κ3) is 5.15. The van der Waals surface area contributed by atoms with E-state index in [-0.39, 0.29) is 29.0 Å². The largest absolute Gasteiger partial charge is 0.507 e. The molecule has 0 radical (unpaired) electrons. The molecule has 0 aliphatic carbocycles. The summed E-state index contributed by atoms with van der Waals surface area (Å²) >= 11 is 6.19. The zero-order chi connectivity index (χ0) is 26.7. The van der Waals surface area contributed by atoms with Crippen molar-refractivity contribution in [2.45, 2.75) is 19.5 Å². The number of carbonyl (C=O) groups excluding carboxylic acids is 2. The number of Topliss-reactive ketones (excluding diaryl/α,β-unsaturated/α-hetero) is 1. The first-order chi connectivity index (χ1) is 17.7. The Kier molecular flexibility index (Phi) is 7.50. The van der Waals surface area contributed by atoms with Crippen molar-refractivity contribution in [1.82, 2.24) is 4.90 Å². The van der Waals surface area contributed by atoms with Crippen LogP contribution in [0, 0.1) is 0 Å². The van der Waals surface area contributed by atoms with Crippen molar-refractivity contribution in [3.05, 3.63) is 99.6 Å². The van der Waals surface area contributed by atoms with E-state index in [1.165, 1.54) is 30.2 Å². The van der Waals surface area contributed by atoms with Gasteiger partial charge in [0.2, 0.25) is 0 Å². The number of hydrogen-bond donors (Lipinski definition) is 2. The predicted octanol–water partition coefficient (Wildman–Crippen LogP) is 5.07. The van der Waals surface area contributed by atoms with Gasteiger partial charge in [0.25, 0.3) is 11.7 Å². The van der Waals surface area contributed by atoms with Crippen LogP contribution < -0.4 is 9.47 Å². The number of likely N-dealkylation sites (tertiary alicyclic amines) is 1. The molecule has 190 valence electrons. The number of aromatic carboxylic acids is 1. The Morgan fingerprint density at radius 2 is 1.62 bits per heavy atom. The zero-order valence-corrected chi connectivity index (χ0v) is 20.9. The van der Waals surface area contributed by atoms with Gasteiger partial charge in [-0.25, -0.2) is 4.79 Å². The molecule has 3 aromatic rings. The number of benzene rings is 3. The minimum atomic E-state index is -1.07. The molecule has 1 aliphatic heterocycles. The maximum absolute atomic E-state index is 13.3. The fraction of sp³-hybridized carbons (Fsp3) is 0.179. The summed E-state index contributed by atoms with van der Waals surface area (Å²) in [5.41, 5.74) is 1.50. The van der Waals surface area contributed by atoms with E-state index in [0.717, 1.165) is 0 Å². The van der Waals surface area contributed by atoms with Gasteiger partial charge in [-0.3, -0.25) is 9.59 Å². The molecule has 1 amide bonds. The van der Waals surface area contributed by atoms with E-state index < -0.39 is 23.7 Å². The monoisotopic (exact) mass is 521 g/mol. The summed E-state index contributed by atoms with van der Waals surface area (Å²) in [6.07, 6.45) is 0. The van der Waals surface area contributed by atoms with Crippen molar-refractivity contribution in [2.75, 3.05) is 13.7 Å². The molecule has 9 heteroatoms. The first kappa shape index (κ1) is 25.8. The number of carboxylic acid groups (broad SMARTS) is 1. The van der Waals surface area contributed by atoms with Crippen LogP contribution in [-0.2, 0) is 16.1 Å². The van der Waals surface area contributed by atoms with Crippen molar-refractivity contribution >= 4 is 35.0 Å². The molecule has 1 heterocycles. The van der Waals surface area contributed by atoms with Crippen molar-refractivity contribution in [3.63, 3.8) is 0 Å². The van der Waals surface area contributed by atoms with E-state index in [0.29, 0.717) is 34.3 Å². The highest BCUT2D eigenvalue weighted by molar-refractivity contribution is 6.46. The second-order valence-electron chi connectivity index (χ2n) is 8.28. The van der Waals surface area contributed by atoms with Gasteiger partial charge >= 0.3 is 5.97 Å². The Balaban J connectivity index is 1.82. The van der Waals surface area contributed by atoms with Crippen LogP contribution in [0.5, 0.6) is 11.5 Å². The molecule has 1 unspecified atom stereocenters. The minimum Gasteiger partial charge on any atom is -0.507 e. The SMILES string of the molecule is CCOc1cc(/C(O)=C2/C(=O)C(=O)N(Cc3ccc(C(=O)O)cc3)C2c2ccc(OC)cc2)ccc1Cl. The van der Waals surface area contributed by atoms with Crippen LogP contribution in [0.2, 0.25) is 5.02 Å². The van der Waals surface area contributed by atoms with Crippen LogP contribution in [0.15, 0.2) is 72.3 Å². The maximum Gasteiger partial charge on any atom is 0.335 e. The topological polar surface area (TPSA) is 113 Å². The Hall–Kier alpha value is -4.30. The van der Waals surface area contributed by atoms with Crippen LogP contribution in [0.4, 0.5) is 0 Å². The molecule has 4 rings (SSSR count). The molecular formula is C28H24ClNO7. The summed E-state index contributed by atoms with van der Waals surface area (Å²) in [5, 5.41) is 20.8. The highest BCUT2D eigenvalue weighted by Gasteiger charge is 2.46. The Morgan fingerprint density at radius 3 is 2.22 bits per heavy atom. The molecule has 1 fully saturated rings. The second-order valence-corrected chi connectivity index (χ2v) is 8.69. The number of rotatable bonds is 8. The number of aliphatic hydroxyl groups is 1. The lowest BCUT2D eigenvalue weighted by Gasteiger charge is -2.25. The lowest BCUT2D eigenvalue weighted by Crippen LogP contribution is -2.29. The van der Waals surface area contributed by atoms with Gasteiger partial charge in [-0.05, 0) is 60.5 Å². The molecule has 8 nitrogen and oxygen atoms in total. The normalized spacial score (nSPS) is 16.6. The van der Waals surface area contributed by atoms with E-state index in [4.69, 9.17) is 21.1 Å². The summed E-state index contributed by atoms with van der Waals surface area (Å²) < 4.78 is 10.8. The van der Waals surface area contributed by atoms with Crippen LogP contribution in [0.3, 0.4) is 0 Å². The van der Waals surface area contributed by atoms with Gasteiger partial charge in [-0.1, -0.05) is 35.9 Å². The lowest BCUT2D eigenvalue weighted by molar-refractivity contribution is -0.140. The molecule has 1 saturated heterocycles. The summed E-state index contributed by atoms with van der Waals surface area (Å²) in [6, 6.07) is 16.6. The fourth-order valence-electron chi connectivity index (χ4n) is 4.20. The van der Waals surface area contributed by atoms with Crippen LogP contribution in [0.1, 0.15) is 40.0 Å². The molecule has 0 bridgehead atoms. The molecular weight excluding hydrogens is 498 g/mol. The van der Waals surface area contributed by atoms with Crippen molar-refractivity contribution in [3.8, 4) is 11.5 Å². The number of hydrogen-bond acceptors (Lipinski definition) is 6. The number of ketones is 1. The number of amides is 1. The number of methoxy groups -OCH3 is 1. The smallest absolute Gasteiger partial charge is 0.335 e. The van der Waals surface area contributed by atoms with E-state index in [9.17, 15) is 24.6 Å². The van der Waals surface area contributed by atoms with E-state index >= 15 is 0 Å². The molecule has 0 spiro atoms. The van der Waals surface area contributed by atoms with E-state index in [1.54, 1.807) is 55.5 Å². The Bertz CT molecular complexity index is 1380. The van der Waals surface area contributed by atoms with Gasteiger partial charge in [0.1, 0.15) is 17.3 Å². The lowest BCUT2D eigenvalue weighted by atomic mass is 9.95. The molecule has 3 aromatic carbocycles. The van der Waals surface area contributed by atoms with Crippen LogP contribution >= 0.6 is 11.6 Å². The van der Waals surface area contributed by atoms with Gasteiger partial charge in [-0.2, -0.15) is 0 Å². The first-order valence-electron chi connectivity index (χ1n) is 11.4. The molecule has 0 saturated carbocycles. The maximum atomic E-state index is 13.3. The first-order valence-corrected chi connectivity index (χ1v) is 11.8. The molecule has 1 atom stereocenters. The van der Waals surface area contributed by atoms with Gasteiger partial charge in [0.05, 0.1) is 35.9 Å². The number of carbonyl (C=O) groups is 3. The number of aliphatic hydroxyl groups excluding tert-OH is 1. The molecule has 2 N–H and O–H groups in total. The zero-order valence-electron chi connectivity index (χ0n) is 20.1. The standard InChI is InChI=1S/C28H24ClNO7/c1-3-37-22-14-19(10-13-21(22)29)25(31)23-24(17-8-11-20(36-2)12-9-17)30(27(33)26(23)32)15-16-4-6-18(7-5-16)28(34)35/h4-14,24,31H,3,15H2,1-2H3,(H,34,35)/b25-23-. The van der Waals surface area contributed by atoms with Gasteiger partial charge in [0.15, 0.2) is 0 Å². The van der Waals surface area contributed by atoms with E-state index in [1.807, 2.05) is 0 Å². The van der Waals surface area contributed by atoms with E-state index in [2.05, 4.69) is 0 Å². The molecule has 0 aromatic heterocycles. The summed E-state index contributed by atoms with van der Waals surface area (Å²) in [4.78, 5) is 39.1. The second kappa shape index (κ2) is 10.8. The molecule has 37 heavy (non-hydrogen) atoms. The third-order valence-electron chi connectivity index (χ3n) is 6.03. The van der Waals surface area contributed by atoms with Crippen LogP contribution in [0.25, 0.3) is 5.76 Å². The summed E-state index contributed by atoms with van der Waals surface area (Å²) in [7, 11) is 1.53. The summed E-state index contributed by atoms with van der Waals surface area (Å²) in [6.45, 7) is 2.16. The number of halogens is 1. The average molecular weight is 522 g/mol.